The summed E-state index contributed by atoms with van der Waals surface area (Å²) in [6.45, 7) is 9.30. The highest BCUT2D eigenvalue weighted by molar-refractivity contribution is 5.42. The molecule has 2 nitrogen and oxygen atoms in total. The normalized spacial score (nSPS) is 17.9. The Kier molecular flexibility index (Phi) is 5.90. The van der Waals surface area contributed by atoms with Gasteiger partial charge in [-0.25, -0.2) is 0 Å². The molecule has 1 saturated carbocycles. The lowest BCUT2D eigenvalue weighted by atomic mass is 10.1. The minimum Gasteiger partial charge on any atom is -0.383 e. The van der Waals surface area contributed by atoms with E-state index in [1.807, 2.05) is 0 Å². The van der Waals surface area contributed by atoms with Crippen molar-refractivity contribution in [2.45, 2.75) is 58.5 Å². The van der Waals surface area contributed by atoms with E-state index in [4.69, 9.17) is 0 Å². The molecule has 1 atom stereocenters. The molecule has 1 fully saturated rings. The molecule has 1 aliphatic rings. The Balaban J connectivity index is 1.90. The molecule has 2 heteroatoms. The van der Waals surface area contributed by atoms with Crippen LogP contribution in [0.3, 0.4) is 0 Å². The molecule has 20 heavy (non-hydrogen) atoms. The van der Waals surface area contributed by atoms with Gasteiger partial charge in [0.2, 0.25) is 0 Å². The van der Waals surface area contributed by atoms with Gasteiger partial charge in [0.15, 0.2) is 0 Å². The number of nitrogens with zero attached hydrogens (tertiary/aromatic N) is 1. The molecule has 1 N–H and O–H groups in total. The van der Waals surface area contributed by atoms with Crippen LogP contribution in [0.25, 0.3) is 0 Å². The first-order valence-corrected chi connectivity index (χ1v) is 8.21. The van der Waals surface area contributed by atoms with Crippen molar-refractivity contribution in [2.75, 3.05) is 18.4 Å². The molecular weight excluding hydrogens is 244 g/mol. The van der Waals surface area contributed by atoms with Crippen molar-refractivity contribution in [3.05, 3.63) is 30.3 Å². The van der Waals surface area contributed by atoms with Gasteiger partial charge in [0.05, 0.1) is 0 Å². The molecular formula is C18H30N2. The van der Waals surface area contributed by atoms with Crippen LogP contribution in [-0.2, 0) is 0 Å². The fraction of sp³-hybridized carbons (Fsp3) is 0.667. The Hall–Kier alpha value is -1.02. The molecule has 0 bridgehead atoms. The summed E-state index contributed by atoms with van der Waals surface area (Å²) in [7, 11) is 0. The van der Waals surface area contributed by atoms with Crippen LogP contribution in [0.5, 0.6) is 0 Å². The second-order valence-electron chi connectivity index (χ2n) is 6.62. The number of benzene rings is 1. The molecule has 1 aliphatic carbocycles. The zero-order valence-electron chi connectivity index (χ0n) is 13.3. The van der Waals surface area contributed by atoms with Crippen LogP contribution < -0.4 is 5.32 Å². The molecule has 0 spiro atoms. The number of hydrogen-bond acceptors (Lipinski definition) is 2. The second kappa shape index (κ2) is 7.68. The average Bonchev–Trinajstić information content (AvgIpc) is 2.97. The van der Waals surface area contributed by atoms with E-state index in [1.54, 1.807) is 0 Å². The van der Waals surface area contributed by atoms with Crippen molar-refractivity contribution in [3.8, 4) is 0 Å². The molecule has 0 aromatic heterocycles. The third kappa shape index (κ3) is 4.52. The topological polar surface area (TPSA) is 15.3 Å². The number of rotatable bonds is 7. The Labute approximate surface area is 124 Å². The lowest BCUT2D eigenvalue weighted by Crippen LogP contribution is -2.45. The Morgan fingerprint density at radius 2 is 1.75 bits per heavy atom. The van der Waals surface area contributed by atoms with Crippen LogP contribution in [0.4, 0.5) is 5.69 Å². The summed E-state index contributed by atoms with van der Waals surface area (Å²) in [5, 5.41) is 3.58. The maximum atomic E-state index is 3.58. The quantitative estimate of drug-likeness (QED) is 0.793. The van der Waals surface area contributed by atoms with Gasteiger partial charge in [0.1, 0.15) is 0 Å². The van der Waals surface area contributed by atoms with Gasteiger partial charge in [-0.1, -0.05) is 44.9 Å². The van der Waals surface area contributed by atoms with Gasteiger partial charge in [-0.3, -0.25) is 4.90 Å². The van der Waals surface area contributed by atoms with E-state index in [9.17, 15) is 0 Å². The van der Waals surface area contributed by atoms with Crippen LogP contribution in [0.2, 0.25) is 0 Å². The molecule has 0 amide bonds. The van der Waals surface area contributed by atoms with E-state index in [1.165, 1.54) is 37.9 Å². The van der Waals surface area contributed by atoms with Crippen LogP contribution in [0, 0.1) is 5.92 Å². The van der Waals surface area contributed by atoms with Crippen LogP contribution in [0.15, 0.2) is 30.3 Å². The van der Waals surface area contributed by atoms with Gasteiger partial charge in [0, 0.05) is 30.9 Å². The van der Waals surface area contributed by atoms with Crippen LogP contribution >= 0.6 is 0 Å². The third-order valence-corrected chi connectivity index (χ3v) is 4.31. The van der Waals surface area contributed by atoms with Crippen molar-refractivity contribution in [3.63, 3.8) is 0 Å². The van der Waals surface area contributed by atoms with Gasteiger partial charge in [-0.15, -0.1) is 0 Å². The SMILES string of the molecule is CC(C)CN(C(C)CNc1ccccc1)C1CCCC1. The first-order valence-electron chi connectivity index (χ1n) is 8.21. The summed E-state index contributed by atoms with van der Waals surface area (Å²) in [5.74, 6) is 0.745. The Morgan fingerprint density at radius 3 is 2.35 bits per heavy atom. The highest BCUT2D eigenvalue weighted by atomic mass is 15.2. The van der Waals surface area contributed by atoms with E-state index in [0.29, 0.717) is 6.04 Å². The average molecular weight is 274 g/mol. The van der Waals surface area contributed by atoms with Crippen LogP contribution in [0.1, 0.15) is 46.5 Å². The zero-order valence-corrected chi connectivity index (χ0v) is 13.3. The molecule has 112 valence electrons. The van der Waals surface area contributed by atoms with Crippen molar-refractivity contribution in [1.82, 2.24) is 4.90 Å². The molecule has 1 aromatic rings. The lowest BCUT2D eigenvalue weighted by Gasteiger charge is -2.36. The summed E-state index contributed by atoms with van der Waals surface area (Å²) in [6, 6.07) is 12.0. The smallest absolute Gasteiger partial charge is 0.0340 e. The minimum absolute atomic E-state index is 0.598. The summed E-state index contributed by atoms with van der Waals surface area (Å²) < 4.78 is 0. The standard InChI is InChI=1S/C18H30N2/c1-15(2)14-20(18-11-7-8-12-18)16(3)13-19-17-9-5-4-6-10-17/h4-6,9-10,15-16,18-19H,7-8,11-14H2,1-3H3. The van der Waals surface area contributed by atoms with Gasteiger partial charge in [-0.05, 0) is 37.8 Å². The highest BCUT2D eigenvalue weighted by Gasteiger charge is 2.26. The van der Waals surface area contributed by atoms with E-state index < -0.39 is 0 Å². The first kappa shape index (κ1) is 15.4. The van der Waals surface area contributed by atoms with Crippen molar-refractivity contribution < 1.29 is 0 Å². The van der Waals surface area contributed by atoms with Gasteiger partial charge in [0.25, 0.3) is 0 Å². The fourth-order valence-corrected chi connectivity index (χ4v) is 3.29. The van der Waals surface area contributed by atoms with E-state index >= 15 is 0 Å². The second-order valence-corrected chi connectivity index (χ2v) is 6.62. The largest absolute Gasteiger partial charge is 0.383 e. The fourth-order valence-electron chi connectivity index (χ4n) is 3.29. The maximum Gasteiger partial charge on any atom is 0.0340 e. The molecule has 0 aliphatic heterocycles. The molecule has 1 aromatic carbocycles. The maximum absolute atomic E-state index is 3.58. The van der Waals surface area contributed by atoms with E-state index in [-0.39, 0.29) is 0 Å². The third-order valence-electron chi connectivity index (χ3n) is 4.31. The minimum atomic E-state index is 0.598. The highest BCUT2D eigenvalue weighted by Crippen LogP contribution is 2.26. The molecule has 1 unspecified atom stereocenters. The first-order chi connectivity index (χ1) is 9.66. The van der Waals surface area contributed by atoms with Crippen molar-refractivity contribution in [2.24, 2.45) is 5.92 Å². The summed E-state index contributed by atoms with van der Waals surface area (Å²) >= 11 is 0. The van der Waals surface area contributed by atoms with E-state index in [0.717, 1.165) is 18.5 Å². The molecule has 0 radical (unpaired) electrons. The van der Waals surface area contributed by atoms with Crippen molar-refractivity contribution in [1.29, 1.82) is 0 Å². The summed E-state index contributed by atoms with van der Waals surface area (Å²) in [6.07, 6.45) is 5.61. The molecule has 0 heterocycles. The number of anilines is 1. The predicted molar refractivity (Wildman–Crippen MR) is 88.2 cm³/mol. The van der Waals surface area contributed by atoms with Gasteiger partial charge < -0.3 is 5.32 Å². The van der Waals surface area contributed by atoms with Gasteiger partial charge in [-0.2, -0.15) is 0 Å². The number of para-hydroxylation sites is 1. The monoisotopic (exact) mass is 274 g/mol. The number of hydrogen-bond donors (Lipinski definition) is 1. The predicted octanol–water partition coefficient (Wildman–Crippen LogP) is 4.39. The number of nitrogens with one attached hydrogen (secondary N) is 1. The zero-order chi connectivity index (χ0) is 14.4. The van der Waals surface area contributed by atoms with Crippen LogP contribution in [-0.4, -0.2) is 30.1 Å². The van der Waals surface area contributed by atoms with Gasteiger partial charge >= 0.3 is 0 Å². The Bertz CT molecular complexity index is 368. The Morgan fingerprint density at radius 1 is 1.10 bits per heavy atom. The van der Waals surface area contributed by atoms with Crippen molar-refractivity contribution >= 4 is 5.69 Å². The summed E-state index contributed by atoms with van der Waals surface area (Å²) in [4.78, 5) is 2.74. The summed E-state index contributed by atoms with van der Waals surface area (Å²) in [5.41, 5.74) is 1.23. The lowest BCUT2D eigenvalue weighted by molar-refractivity contribution is 0.133. The van der Waals surface area contributed by atoms with E-state index in [2.05, 4.69) is 61.3 Å². The molecule has 0 saturated heterocycles. The molecule has 2 rings (SSSR count).